The Bertz CT molecular complexity index is 702. The number of hydrogen-bond acceptors (Lipinski definition) is 7. The fourth-order valence-corrected chi connectivity index (χ4v) is 3.21. The number of rotatable bonds is 8. The van der Waals surface area contributed by atoms with Crippen LogP contribution in [-0.4, -0.2) is 48.3 Å². The second-order valence-corrected chi connectivity index (χ2v) is 6.43. The Morgan fingerprint density at radius 2 is 2.00 bits per heavy atom. The summed E-state index contributed by atoms with van der Waals surface area (Å²) in [5.74, 6) is 1.94. The molecule has 0 unspecified atom stereocenters. The van der Waals surface area contributed by atoms with Crippen molar-refractivity contribution in [1.29, 1.82) is 0 Å². The van der Waals surface area contributed by atoms with Crippen LogP contribution in [0.1, 0.15) is 24.0 Å². The molecule has 1 aromatic carbocycles. The molecule has 0 saturated carbocycles. The van der Waals surface area contributed by atoms with Crippen molar-refractivity contribution in [3.8, 4) is 11.5 Å². The van der Waals surface area contributed by atoms with Gasteiger partial charge < -0.3 is 19.9 Å². The quantitative estimate of drug-likeness (QED) is 0.775. The van der Waals surface area contributed by atoms with Crippen molar-refractivity contribution in [3.05, 3.63) is 41.7 Å². The fraction of sp³-hybridized carbons (Fsp3) is 0.474. The summed E-state index contributed by atoms with van der Waals surface area (Å²) in [6.45, 7) is 3.10. The first-order valence-electron chi connectivity index (χ1n) is 8.79. The first-order valence-corrected chi connectivity index (χ1v) is 8.79. The maximum atomic E-state index is 5.83. The molecule has 1 atom stereocenters. The summed E-state index contributed by atoms with van der Waals surface area (Å²) in [7, 11) is 3.35. The molecule has 0 radical (unpaired) electrons. The van der Waals surface area contributed by atoms with E-state index in [1.165, 1.54) is 0 Å². The van der Waals surface area contributed by atoms with E-state index in [0.29, 0.717) is 13.1 Å². The second-order valence-electron chi connectivity index (χ2n) is 6.43. The Balaban J connectivity index is 1.79. The summed E-state index contributed by atoms with van der Waals surface area (Å²) in [6.07, 6.45) is 6.00. The van der Waals surface area contributed by atoms with Crippen molar-refractivity contribution in [1.82, 2.24) is 14.9 Å². The average Bonchev–Trinajstić information content (AvgIpc) is 3.16. The summed E-state index contributed by atoms with van der Waals surface area (Å²) in [5.41, 5.74) is 7.68. The van der Waals surface area contributed by atoms with E-state index < -0.39 is 0 Å². The van der Waals surface area contributed by atoms with Gasteiger partial charge in [-0.25, -0.2) is 9.97 Å². The van der Waals surface area contributed by atoms with Crippen LogP contribution in [-0.2, 0) is 17.8 Å². The second kappa shape index (κ2) is 8.82. The number of methoxy groups -OCH3 is 2. The van der Waals surface area contributed by atoms with E-state index in [4.69, 9.17) is 19.9 Å². The van der Waals surface area contributed by atoms with Gasteiger partial charge in [0.15, 0.2) is 0 Å². The lowest BCUT2D eigenvalue weighted by Crippen LogP contribution is -2.31. The van der Waals surface area contributed by atoms with Crippen LogP contribution in [0.3, 0.4) is 0 Å². The first-order chi connectivity index (χ1) is 12.7. The van der Waals surface area contributed by atoms with Gasteiger partial charge >= 0.3 is 0 Å². The number of nitrogen functional groups attached to an aromatic ring is 1. The van der Waals surface area contributed by atoms with Gasteiger partial charge in [-0.15, -0.1) is 0 Å². The van der Waals surface area contributed by atoms with Crippen molar-refractivity contribution < 1.29 is 14.2 Å². The van der Waals surface area contributed by atoms with Gasteiger partial charge in [0.2, 0.25) is 5.95 Å². The topological polar surface area (TPSA) is 82.7 Å². The minimum absolute atomic E-state index is 0.251. The van der Waals surface area contributed by atoms with Crippen LogP contribution in [0.5, 0.6) is 11.5 Å². The van der Waals surface area contributed by atoms with Crippen molar-refractivity contribution in [2.45, 2.75) is 32.0 Å². The Hall–Kier alpha value is -2.38. The van der Waals surface area contributed by atoms with Gasteiger partial charge in [0.1, 0.15) is 11.5 Å². The summed E-state index contributed by atoms with van der Waals surface area (Å²) in [6, 6.07) is 5.85. The van der Waals surface area contributed by atoms with E-state index in [9.17, 15) is 0 Å². The number of hydrogen-bond donors (Lipinski definition) is 1. The molecule has 1 aromatic heterocycles. The number of nitrogens with zero attached hydrogens (tertiary/aromatic N) is 3. The molecule has 7 heteroatoms. The third-order valence-corrected chi connectivity index (χ3v) is 4.50. The lowest BCUT2D eigenvalue weighted by molar-refractivity contribution is 0.0675. The van der Waals surface area contributed by atoms with Gasteiger partial charge in [0, 0.05) is 49.8 Å². The molecule has 3 rings (SSSR count). The van der Waals surface area contributed by atoms with Gasteiger partial charge in [0.05, 0.1) is 20.3 Å². The van der Waals surface area contributed by atoms with E-state index in [0.717, 1.165) is 48.6 Å². The molecule has 1 saturated heterocycles. The third kappa shape index (κ3) is 4.83. The number of benzene rings is 1. The monoisotopic (exact) mass is 358 g/mol. The van der Waals surface area contributed by atoms with Crippen LogP contribution in [0.2, 0.25) is 0 Å². The van der Waals surface area contributed by atoms with Gasteiger partial charge in [0.25, 0.3) is 0 Å². The average molecular weight is 358 g/mol. The SMILES string of the molecule is COc1ccc(OC)c(CN(Cc2cnc(N)nc2)C[C@@H]2CCCO2)c1. The molecular formula is C19H26N4O3. The van der Waals surface area contributed by atoms with Crippen LogP contribution in [0, 0.1) is 0 Å². The molecule has 2 heterocycles. The van der Waals surface area contributed by atoms with Gasteiger partial charge in [-0.2, -0.15) is 0 Å². The predicted octanol–water partition coefficient (Wildman–Crippen LogP) is 2.26. The highest BCUT2D eigenvalue weighted by atomic mass is 16.5. The largest absolute Gasteiger partial charge is 0.497 e. The van der Waals surface area contributed by atoms with Crippen molar-refractivity contribution >= 4 is 5.95 Å². The normalized spacial score (nSPS) is 16.8. The molecule has 1 fully saturated rings. The van der Waals surface area contributed by atoms with E-state index >= 15 is 0 Å². The molecule has 0 aliphatic carbocycles. The van der Waals surface area contributed by atoms with Crippen molar-refractivity contribution in [2.75, 3.05) is 33.1 Å². The van der Waals surface area contributed by atoms with Crippen molar-refractivity contribution in [2.24, 2.45) is 0 Å². The molecular weight excluding hydrogens is 332 g/mol. The Morgan fingerprint density at radius 3 is 2.65 bits per heavy atom. The Kier molecular flexibility index (Phi) is 6.25. The third-order valence-electron chi connectivity index (χ3n) is 4.50. The van der Waals surface area contributed by atoms with Crippen LogP contribution in [0.15, 0.2) is 30.6 Å². The van der Waals surface area contributed by atoms with Crippen LogP contribution >= 0.6 is 0 Å². The summed E-state index contributed by atoms with van der Waals surface area (Å²) in [4.78, 5) is 10.5. The van der Waals surface area contributed by atoms with E-state index in [1.54, 1.807) is 26.6 Å². The zero-order chi connectivity index (χ0) is 18.4. The maximum absolute atomic E-state index is 5.83. The summed E-state index contributed by atoms with van der Waals surface area (Å²) in [5, 5.41) is 0. The molecule has 1 aliphatic rings. The minimum atomic E-state index is 0.251. The lowest BCUT2D eigenvalue weighted by atomic mass is 10.1. The zero-order valence-corrected chi connectivity index (χ0v) is 15.4. The van der Waals surface area contributed by atoms with E-state index in [2.05, 4.69) is 14.9 Å². The van der Waals surface area contributed by atoms with Gasteiger partial charge in [-0.1, -0.05) is 0 Å². The number of ether oxygens (including phenoxy) is 3. The predicted molar refractivity (Wildman–Crippen MR) is 99.1 cm³/mol. The minimum Gasteiger partial charge on any atom is -0.497 e. The zero-order valence-electron chi connectivity index (χ0n) is 15.4. The van der Waals surface area contributed by atoms with Gasteiger partial charge in [-0.3, -0.25) is 4.90 Å². The Morgan fingerprint density at radius 1 is 1.19 bits per heavy atom. The molecule has 2 N–H and O–H groups in total. The molecule has 140 valence electrons. The molecule has 2 aromatic rings. The molecule has 0 amide bonds. The molecule has 26 heavy (non-hydrogen) atoms. The van der Waals surface area contributed by atoms with Crippen LogP contribution < -0.4 is 15.2 Å². The highest BCUT2D eigenvalue weighted by Gasteiger charge is 2.21. The summed E-state index contributed by atoms with van der Waals surface area (Å²) < 4.78 is 16.7. The van der Waals surface area contributed by atoms with E-state index in [-0.39, 0.29) is 12.1 Å². The summed E-state index contributed by atoms with van der Waals surface area (Å²) >= 11 is 0. The van der Waals surface area contributed by atoms with Gasteiger partial charge in [-0.05, 0) is 31.0 Å². The standard InChI is InChI=1S/C19H26N4O3/c1-24-16-5-6-18(25-2)15(8-16)12-23(13-17-4-3-7-26-17)11-14-9-21-19(20)22-10-14/h5-6,8-10,17H,3-4,7,11-13H2,1-2H3,(H2,20,21,22)/t17-/m0/s1. The molecule has 7 nitrogen and oxygen atoms in total. The Labute approximate surface area is 154 Å². The number of anilines is 1. The highest BCUT2D eigenvalue weighted by molar-refractivity contribution is 5.40. The maximum Gasteiger partial charge on any atom is 0.219 e. The van der Waals surface area contributed by atoms with E-state index in [1.807, 2.05) is 18.2 Å². The lowest BCUT2D eigenvalue weighted by Gasteiger charge is -2.26. The van der Waals surface area contributed by atoms with Crippen LogP contribution in [0.4, 0.5) is 5.95 Å². The fourth-order valence-electron chi connectivity index (χ4n) is 3.21. The van der Waals surface area contributed by atoms with Crippen LogP contribution in [0.25, 0.3) is 0 Å². The molecule has 1 aliphatic heterocycles. The van der Waals surface area contributed by atoms with Crippen molar-refractivity contribution in [3.63, 3.8) is 0 Å². The molecule has 0 spiro atoms. The highest BCUT2D eigenvalue weighted by Crippen LogP contribution is 2.26. The first kappa shape index (κ1) is 18.4. The number of aromatic nitrogens is 2. The number of nitrogens with two attached hydrogens (primary N) is 1. The smallest absolute Gasteiger partial charge is 0.219 e. The molecule has 0 bridgehead atoms.